The highest BCUT2D eigenvalue weighted by atomic mass is 32.1. The van der Waals surface area contributed by atoms with Gasteiger partial charge in [0.05, 0.1) is 10.2 Å². The van der Waals surface area contributed by atoms with Crippen molar-refractivity contribution in [1.29, 1.82) is 0 Å². The van der Waals surface area contributed by atoms with Crippen LogP contribution in [0.5, 0.6) is 0 Å². The van der Waals surface area contributed by atoms with Crippen molar-refractivity contribution < 1.29 is 9.18 Å². The molecule has 3 aromatic rings. The Bertz CT molecular complexity index is 841. The maximum Gasteiger partial charge on any atom is 0.260 e. The van der Waals surface area contributed by atoms with Gasteiger partial charge in [-0.1, -0.05) is 37.3 Å². The number of rotatable bonds is 7. The first-order valence-electron chi connectivity index (χ1n) is 8.77. The highest BCUT2D eigenvalue weighted by molar-refractivity contribution is 7.22. The summed E-state index contributed by atoms with van der Waals surface area (Å²) in [5, 5.41) is 0.674. The molecule has 0 aliphatic rings. The Balaban J connectivity index is 1.92. The van der Waals surface area contributed by atoms with Crippen molar-refractivity contribution in [1.82, 2.24) is 9.88 Å². The third-order valence-electron chi connectivity index (χ3n) is 4.38. The minimum atomic E-state index is -0.351. The smallest absolute Gasteiger partial charge is 0.260 e. The van der Waals surface area contributed by atoms with Crippen molar-refractivity contribution >= 4 is 32.6 Å². The van der Waals surface area contributed by atoms with Gasteiger partial charge in [0.1, 0.15) is 5.82 Å². The number of amides is 1. The van der Waals surface area contributed by atoms with E-state index in [-0.39, 0.29) is 11.7 Å². The predicted molar refractivity (Wildman–Crippen MR) is 105 cm³/mol. The zero-order valence-electron chi connectivity index (χ0n) is 15.0. The number of carbonyl (C=O) groups excluding carboxylic acids is 1. The molecule has 0 atom stereocenters. The van der Waals surface area contributed by atoms with Crippen molar-refractivity contribution in [3.05, 3.63) is 59.9 Å². The minimum absolute atomic E-state index is 0.156. The molecule has 4 nitrogen and oxygen atoms in total. The molecule has 0 saturated carbocycles. The van der Waals surface area contributed by atoms with Gasteiger partial charge in [0.2, 0.25) is 0 Å². The van der Waals surface area contributed by atoms with Crippen LogP contribution in [0.2, 0.25) is 0 Å². The molecule has 2 aromatic carbocycles. The summed E-state index contributed by atoms with van der Waals surface area (Å²) in [5.41, 5.74) is 1.34. The summed E-state index contributed by atoms with van der Waals surface area (Å²) >= 11 is 1.50. The molecule has 0 radical (unpaired) electrons. The van der Waals surface area contributed by atoms with Gasteiger partial charge in [-0.2, -0.15) is 0 Å². The normalized spacial score (nSPS) is 11.2. The van der Waals surface area contributed by atoms with Crippen molar-refractivity contribution in [2.75, 3.05) is 31.1 Å². The molecule has 1 amide bonds. The Morgan fingerprint density at radius 1 is 1.04 bits per heavy atom. The Kier molecular flexibility index (Phi) is 5.96. The number of nitrogens with zero attached hydrogens (tertiary/aromatic N) is 3. The van der Waals surface area contributed by atoms with Crippen molar-refractivity contribution in [3.8, 4) is 0 Å². The predicted octanol–water partition coefficient (Wildman–Crippen LogP) is 4.42. The molecule has 0 bridgehead atoms. The molecule has 1 aromatic heterocycles. The van der Waals surface area contributed by atoms with E-state index in [0.717, 1.165) is 29.9 Å². The first-order chi connectivity index (χ1) is 12.6. The zero-order chi connectivity index (χ0) is 18.5. The van der Waals surface area contributed by atoms with E-state index in [1.54, 1.807) is 4.90 Å². The number of aromatic nitrogens is 1. The molecular formula is C20H22FN3OS. The quantitative estimate of drug-likeness (QED) is 0.617. The second-order valence-corrected chi connectivity index (χ2v) is 6.96. The molecule has 3 rings (SSSR count). The van der Waals surface area contributed by atoms with Crippen LogP contribution in [0.15, 0.2) is 48.5 Å². The van der Waals surface area contributed by atoms with Crippen LogP contribution in [0.3, 0.4) is 0 Å². The fourth-order valence-corrected chi connectivity index (χ4v) is 3.78. The van der Waals surface area contributed by atoms with E-state index in [1.165, 1.54) is 35.6 Å². The van der Waals surface area contributed by atoms with E-state index in [2.05, 4.69) is 23.7 Å². The highest BCUT2D eigenvalue weighted by Gasteiger charge is 2.21. The van der Waals surface area contributed by atoms with Crippen LogP contribution in [-0.4, -0.2) is 42.0 Å². The largest absolute Gasteiger partial charge is 0.302 e. The van der Waals surface area contributed by atoms with Crippen molar-refractivity contribution in [3.63, 3.8) is 0 Å². The molecular weight excluding hydrogens is 349 g/mol. The van der Waals surface area contributed by atoms with Gasteiger partial charge in [-0.05, 0) is 49.5 Å². The Hall–Kier alpha value is -2.31. The van der Waals surface area contributed by atoms with E-state index in [1.807, 2.05) is 24.3 Å². The molecule has 0 saturated heterocycles. The maximum absolute atomic E-state index is 13.2. The number of fused-ring (bicyclic) bond motifs is 1. The molecule has 1 heterocycles. The summed E-state index contributed by atoms with van der Waals surface area (Å²) in [6, 6.07) is 13.5. The zero-order valence-corrected chi connectivity index (χ0v) is 15.8. The van der Waals surface area contributed by atoms with E-state index in [4.69, 9.17) is 0 Å². The summed E-state index contributed by atoms with van der Waals surface area (Å²) in [4.78, 5) is 21.7. The third-order valence-corrected chi connectivity index (χ3v) is 5.44. The Morgan fingerprint density at radius 3 is 2.38 bits per heavy atom. The number of para-hydroxylation sites is 1. The van der Waals surface area contributed by atoms with Gasteiger partial charge in [-0.15, -0.1) is 0 Å². The molecule has 0 N–H and O–H groups in total. The lowest BCUT2D eigenvalue weighted by Gasteiger charge is -2.24. The number of thiazole rings is 1. The van der Waals surface area contributed by atoms with Crippen LogP contribution < -0.4 is 4.90 Å². The molecule has 6 heteroatoms. The van der Waals surface area contributed by atoms with Gasteiger partial charge < -0.3 is 4.90 Å². The Morgan fingerprint density at radius 2 is 1.73 bits per heavy atom. The monoisotopic (exact) mass is 371 g/mol. The lowest BCUT2D eigenvalue weighted by Crippen LogP contribution is -2.38. The first kappa shape index (κ1) is 18.5. The molecule has 136 valence electrons. The van der Waals surface area contributed by atoms with Crippen LogP contribution >= 0.6 is 11.3 Å². The van der Waals surface area contributed by atoms with Gasteiger partial charge in [0, 0.05) is 18.7 Å². The van der Waals surface area contributed by atoms with E-state index < -0.39 is 0 Å². The van der Waals surface area contributed by atoms with Gasteiger partial charge >= 0.3 is 0 Å². The lowest BCUT2D eigenvalue weighted by molar-refractivity contribution is 0.0983. The number of hydrogen-bond donors (Lipinski definition) is 0. The number of anilines is 1. The number of halogens is 1. The molecule has 0 aliphatic heterocycles. The average molecular weight is 371 g/mol. The van der Waals surface area contributed by atoms with Gasteiger partial charge in [-0.3, -0.25) is 9.69 Å². The number of hydrogen-bond acceptors (Lipinski definition) is 4. The second-order valence-electron chi connectivity index (χ2n) is 5.95. The van der Waals surface area contributed by atoms with Gasteiger partial charge in [-0.25, -0.2) is 9.37 Å². The summed E-state index contributed by atoms with van der Waals surface area (Å²) in [7, 11) is 0. The topological polar surface area (TPSA) is 36.4 Å². The maximum atomic E-state index is 13.2. The van der Waals surface area contributed by atoms with Crippen LogP contribution in [0, 0.1) is 5.82 Å². The fourth-order valence-electron chi connectivity index (χ4n) is 2.79. The van der Waals surface area contributed by atoms with Crippen molar-refractivity contribution in [2.24, 2.45) is 0 Å². The van der Waals surface area contributed by atoms with Gasteiger partial charge in [0.25, 0.3) is 5.91 Å². The third kappa shape index (κ3) is 4.08. The number of carbonyl (C=O) groups is 1. The summed E-state index contributed by atoms with van der Waals surface area (Å²) in [6.45, 7) is 7.36. The Labute approximate surface area is 156 Å². The lowest BCUT2D eigenvalue weighted by atomic mass is 10.2. The molecule has 0 spiro atoms. The van der Waals surface area contributed by atoms with Crippen LogP contribution in [-0.2, 0) is 0 Å². The molecule has 0 fully saturated rings. The van der Waals surface area contributed by atoms with Crippen LogP contribution in [0.1, 0.15) is 24.2 Å². The highest BCUT2D eigenvalue weighted by Crippen LogP contribution is 2.29. The first-order valence-corrected chi connectivity index (χ1v) is 9.59. The number of benzene rings is 2. The minimum Gasteiger partial charge on any atom is -0.302 e. The van der Waals surface area contributed by atoms with Crippen LogP contribution in [0.25, 0.3) is 10.2 Å². The summed E-state index contributed by atoms with van der Waals surface area (Å²) < 4.78 is 14.3. The fraction of sp³-hybridized carbons (Fsp3) is 0.300. The SMILES string of the molecule is CCN(CC)CCN(C(=O)c1ccc(F)cc1)c1nc2ccccc2s1. The standard InChI is InChI=1S/C20H22FN3OS/c1-3-23(4-2)13-14-24(19(25)15-9-11-16(21)12-10-15)20-22-17-7-5-6-8-18(17)26-20/h5-12H,3-4,13-14H2,1-2H3. The summed E-state index contributed by atoms with van der Waals surface area (Å²) in [6.07, 6.45) is 0. The van der Waals surface area contributed by atoms with E-state index in [9.17, 15) is 9.18 Å². The van der Waals surface area contributed by atoms with Gasteiger partial charge in [0.15, 0.2) is 5.13 Å². The number of likely N-dealkylation sites (N-methyl/N-ethyl adjacent to an activating group) is 1. The molecule has 0 aliphatic carbocycles. The second kappa shape index (κ2) is 8.38. The van der Waals surface area contributed by atoms with Crippen molar-refractivity contribution in [2.45, 2.75) is 13.8 Å². The average Bonchev–Trinajstić information content (AvgIpc) is 3.09. The van der Waals surface area contributed by atoms with E-state index >= 15 is 0 Å². The molecule has 0 unspecified atom stereocenters. The van der Waals surface area contributed by atoms with E-state index in [0.29, 0.717) is 17.2 Å². The summed E-state index contributed by atoms with van der Waals surface area (Å²) in [5.74, 6) is -0.507. The van der Waals surface area contributed by atoms with Crippen LogP contribution in [0.4, 0.5) is 9.52 Å². The molecule has 26 heavy (non-hydrogen) atoms.